The van der Waals surface area contributed by atoms with E-state index in [9.17, 15) is 18.0 Å². The molecule has 4 nitrogen and oxygen atoms in total. The van der Waals surface area contributed by atoms with E-state index in [1.54, 1.807) is 6.07 Å². The summed E-state index contributed by atoms with van der Waals surface area (Å²) in [4.78, 5) is 14.1. The maximum absolute atomic E-state index is 14.8. The van der Waals surface area contributed by atoms with Crippen LogP contribution in [0.15, 0.2) is 30.3 Å². The zero-order chi connectivity index (χ0) is 22.8. The van der Waals surface area contributed by atoms with Crippen molar-refractivity contribution in [2.24, 2.45) is 5.41 Å². The topological polar surface area (TPSA) is 41.6 Å². The molecular formula is C23H26ClF3N2O2. The second kappa shape index (κ2) is 9.49. The number of carbonyl (C=O) groups excluding carboxylic acids is 1. The Labute approximate surface area is 185 Å². The summed E-state index contributed by atoms with van der Waals surface area (Å²) in [6, 6.07) is 6.25. The van der Waals surface area contributed by atoms with Gasteiger partial charge >= 0.3 is 0 Å². The lowest BCUT2D eigenvalue weighted by molar-refractivity contribution is -0.117. The quantitative estimate of drug-likeness (QED) is 0.607. The molecule has 3 rings (SSSR count). The van der Waals surface area contributed by atoms with E-state index in [2.05, 4.69) is 5.32 Å². The average Bonchev–Trinajstić information content (AvgIpc) is 2.88. The summed E-state index contributed by atoms with van der Waals surface area (Å²) in [5.74, 6) is -2.25. The van der Waals surface area contributed by atoms with E-state index >= 15 is 0 Å². The lowest BCUT2D eigenvalue weighted by atomic mass is 9.92. The third-order valence-electron chi connectivity index (χ3n) is 4.95. The smallest absolute Gasteiger partial charge is 0.225 e. The third-order valence-corrected chi connectivity index (χ3v) is 5.24. The van der Waals surface area contributed by atoms with E-state index in [0.29, 0.717) is 37.4 Å². The molecule has 1 heterocycles. The van der Waals surface area contributed by atoms with Crippen molar-refractivity contribution in [1.29, 1.82) is 0 Å². The van der Waals surface area contributed by atoms with Crippen LogP contribution in [0.4, 0.5) is 24.5 Å². The van der Waals surface area contributed by atoms with Crippen molar-refractivity contribution < 1.29 is 22.7 Å². The second-order valence-corrected chi connectivity index (χ2v) is 9.32. The van der Waals surface area contributed by atoms with E-state index in [1.807, 2.05) is 25.7 Å². The molecule has 0 bridgehead atoms. The van der Waals surface area contributed by atoms with Gasteiger partial charge in [-0.1, -0.05) is 32.4 Å². The standard InChI is InChI=1S/C23H26ClF3N2O2/c1-23(2,3)13-21(30)28-22-18(24)11-17(12-19(22)27)29-5-4-20(31-7-6-29)14-8-15(25)10-16(26)9-14/h8-12,20H,4-7,13H2,1-3H3,(H,28,30)/t20-/m0/s1. The van der Waals surface area contributed by atoms with E-state index < -0.39 is 23.6 Å². The maximum atomic E-state index is 14.8. The zero-order valence-corrected chi connectivity index (χ0v) is 18.5. The number of benzene rings is 2. The highest BCUT2D eigenvalue weighted by atomic mass is 35.5. The fourth-order valence-electron chi connectivity index (χ4n) is 3.58. The molecule has 168 valence electrons. The molecule has 1 atom stereocenters. The van der Waals surface area contributed by atoms with Gasteiger partial charge in [0.2, 0.25) is 5.91 Å². The van der Waals surface area contributed by atoms with Crippen LogP contribution < -0.4 is 10.2 Å². The predicted molar refractivity (Wildman–Crippen MR) is 116 cm³/mol. The summed E-state index contributed by atoms with van der Waals surface area (Å²) < 4.78 is 47.6. The van der Waals surface area contributed by atoms with Gasteiger partial charge in [-0.05, 0) is 41.7 Å². The molecule has 0 aromatic heterocycles. The van der Waals surface area contributed by atoms with Crippen molar-refractivity contribution >= 4 is 28.9 Å². The van der Waals surface area contributed by atoms with Crippen LogP contribution >= 0.6 is 11.6 Å². The molecule has 8 heteroatoms. The molecule has 31 heavy (non-hydrogen) atoms. The van der Waals surface area contributed by atoms with Gasteiger partial charge in [-0.15, -0.1) is 0 Å². The van der Waals surface area contributed by atoms with Gasteiger partial charge in [-0.25, -0.2) is 13.2 Å². The van der Waals surface area contributed by atoms with Crippen molar-refractivity contribution in [3.8, 4) is 0 Å². The molecule has 1 aliphatic rings. The van der Waals surface area contributed by atoms with Crippen molar-refractivity contribution in [3.05, 3.63) is 58.4 Å². The lowest BCUT2D eigenvalue weighted by Crippen LogP contribution is -2.26. The molecule has 0 spiro atoms. The lowest BCUT2D eigenvalue weighted by Gasteiger charge is -2.24. The largest absolute Gasteiger partial charge is 0.372 e. The molecule has 0 saturated carbocycles. The van der Waals surface area contributed by atoms with Gasteiger partial charge in [0.1, 0.15) is 17.5 Å². The average molecular weight is 455 g/mol. The molecule has 1 amide bonds. The van der Waals surface area contributed by atoms with Gasteiger partial charge in [0.25, 0.3) is 0 Å². The second-order valence-electron chi connectivity index (χ2n) is 8.91. The summed E-state index contributed by atoms with van der Waals surface area (Å²) in [6.07, 6.45) is 0.230. The van der Waals surface area contributed by atoms with Crippen LogP contribution in [-0.4, -0.2) is 25.6 Å². The minimum absolute atomic E-state index is 0.0427. The Hall–Kier alpha value is -2.25. The minimum Gasteiger partial charge on any atom is -0.372 e. The van der Waals surface area contributed by atoms with Crippen LogP contribution in [0.1, 0.15) is 45.3 Å². The zero-order valence-electron chi connectivity index (χ0n) is 17.8. The molecule has 1 aliphatic heterocycles. The van der Waals surface area contributed by atoms with Crippen LogP contribution in [0.2, 0.25) is 5.02 Å². The van der Waals surface area contributed by atoms with Gasteiger partial charge in [0.15, 0.2) is 0 Å². The maximum Gasteiger partial charge on any atom is 0.225 e. The Kier molecular flexibility index (Phi) is 7.17. The normalized spacial score (nSPS) is 17.4. The molecule has 2 aromatic rings. The Morgan fingerprint density at radius 2 is 1.81 bits per heavy atom. The van der Waals surface area contributed by atoms with E-state index in [0.717, 1.165) is 6.07 Å². The van der Waals surface area contributed by atoms with E-state index in [4.69, 9.17) is 16.3 Å². The van der Waals surface area contributed by atoms with Crippen LogP contribution in [-0.2, 0) is 9.53 Å². The number of amides is 1. The number of hydrogen-bond acceptors (Lipinski definition) is 3. The van der Waals surface area contributed by atoms with Crippen molar-refractivity contribution in [2.45, 2.75) is 39.7 Å². The van der Waals surface area contributed by atoms with Crippen molar-refractivity contribution in [2.75, 3.05) is 29.9 Å². The monoisotopic (exact) mass is 454 g/mol. The summed E-state index contributed by atoms with van der Waals surface area (Å²) in [5, 5.41) is 2.66. The number of anilines is 2. The van der Waals surface area contributed by atoms with Gasteiger partial charge in [-0.3, -0.25) is 4.79 Å². The van der Waals surface area contributed by atoms with Gasteiger partial charge in [0.05, 0.1) is 23.4 Å². The summed E-state index contributed by atoms with van der Waals surface area (Å²) in [7, 11) is 0. The van der Waals surface area contributed by atoms with Gasteiger partial charge < -0.3 is 15.0 Å². The molecule has 0 unspecified atom stereocenters. The van der Waals surface area contributed by atoms with Gasteiger partial charge in [0, 0.05) is 31.3 Å². The Bertz CT molecular complexity index is 919. The first-order valence-corrected chi connectivity index (χ1v) is 10.5. The van der Waals surface area contributed by atoms with E-state index in [-0.39, 0.29) is 28.5 Å². The first-order valence-electron chi connectivity index (χ1n) is 10.1. The fraction of sp³-hybridized carbons (Fsp3) is 0.435. The summed E-state index contributed by atoms with van der Waals surface area (Å²) in [5.41, 5.74) is 0.700. The van der Waals surface area contributed by atoms with E-state index in [1.165, 1.54) is 18.2 Å². The molecule has 1 fully saturated rings. The van der Waals surface area contributed by atoms with Crippen LogP contribution in [0.25, 0.3) is 0 Å². The number of hydrogen-bond donors (Lipinski definition) is 1. The molecule has 2 aromatic carbocycles. The minimum atomic E-state index is -0.655. The number of carbonyl (C=O) groups is 1. The predicted octanol–water partition coefficient (Wildman–Crippen LogP) is 6.10. The third kappa shape index (κ3) is 6.37. The summed E-state index contributed by atoms with van der Waals surface area (Å²) in [6.45, 7) is 6.99. The fourth-order valence-corrected chi connectivity index (χ4v) is 3.83. The van der Waals surface area contributed by atoms with Crippen LogP contribution in [0, 0.1) is 22.9 Å². The first-order chi connectivity index (χ1) is 14.5. The number of nitrogens with one attached hydrogen (secondary N) is 1. The first kappa shape index (κ1) is 23.4. The number of ether oxygens (including phenoxy) is 1. The number of halogens is 4. The molecule has 0 radical (unpaired) electrons. The SMILES string of the molecule is CC(C)(C)CC(=O)Nc1c(F)cc(N2CCO[C@H](c3cc(F)cc(F)c3)CC2)cc1Cl. The van der Waals surface area contributed by atoms with Gasteiger partial charge in [-0.2, -0.15) is 0 Å². The highest BCUT2D eigenvalue weighted by Crippen LogP contribution is 2.33. The van der Waals surface area contributed by atoms with Crippen molar-refractivity contribution in [3.63, 3.8) is 0 Å². The van der Waals surface area contributed by atoms with Crippen molar-refractivity contribution in [1.82, 2.24) is 0 Å². The number of nitrogens with zero attached hydrogens (tertiary/aromatic N) is 1. The highest BCUT2D eigenvalue weighted by molar-refractivity contribution is 6.34. The molecule has 1 N–H and O–H groups in total. The highest BCUT2D eigenvalue weighted by Gasteiger charge is 2.23. The molecule has 1 saturated heterocycles. The number of rotatable bonds is 4. The summed E-state index contributed by atoms with van der Waals surface area (Å²) >= 11 is 6.27. The van der Waals surface area contributed by atoms with Crippen LogP contribution in [0.5, 0.6) is 0 Å². The Morgan fingerprint density at radius 3 is 2.42 bits per heavy atom. The Balaban J connectivity index is 1.72. The molecular weight excluding hydrogens is 429 g/mol. The van der Waals surface area contributed by atoms with Crippen LogP contribution in [0.3, 0.4) is 0 Å². The Morgan fingerprint density at radius 1 is 1.13 bits per heavy atom. The molecule has 0 aliphatic carbocycles.